The van der Waals surface area contributed by atoms with E-state index in [0.717, 1.165) is 12.8 Å². The van der Waals surface area contributed by atoms with Crippen molar-refractivity contribution in [1.29, 1.82) is 0 Å². The second-order valence-corrected chi connectivity index (χ2v) is 4.53. The summed E-state index contributed by atoms with van der Waals surface area (Å²) >= 11 is 0. The molecule has 0 aliphatic rings. The maximum Gasteiger partial charge on any atom is 0.413 e. The summed E-state index contributed by atoms with van der Waals surface area (Å²) in [6.45, 7) is 3.75. The zero-order valence-electron chi connectivity index (χ0n) is 12.4. The first-order valence-electron chi connectivity index (χ1n) is 6.83. The Morgan fingerprint density at radius 2 is 1.95 bits per heavy atom. The number of unbranched alkanes of at least 4 members (excludes halogenated alkanes) is 1. The van der Waals surface area contributed by atoms with E-state index in [9.17, 15) is 19.7 Å². The molecular weight excluding hydrogens is 292 g/mol. The smallest absolute Gasteiger partial charge is 0.413 e. The summed E-state index contributed by atoms with van der Waals surface area (Å²) in [6, 6.07) is 4.17. The lowest BCUT2D eigenvalue weighted by molar-refractivity contribution is -0.384. The summed E-state index contributed by atoms with van der Waals surface area (Å²) < 4.78 is 9.87. The summed E-state index contributed by atoms with van der Waals surface area (Å²) in [5.41, 5.74) is -0.111. The van der Waals surface area contributed by atoms with Crippen LogP contribution in [0.25, 0.3) is 0 Å². The number of rotatable bonds is 7. The van der Waals surface area contributed by atoms with E-state index in [0.29, 0.717) is 6.61 Å². The molecule has 1 atom stereocenters. The predicted molar refractivity (Wildman–Crippen MR) is 77.6 cm³/mol. The van der Waals surface area contributed by atoms with Gasteiger partial charge in [-0.15, -0.1) is 0 Å². The molecule has 1 amide bonds. The van der Waals surface area contributed by atoms with Gasteiger partial charge >= 0.3 is 12.1 Å². The number of benzene rings is 1. The van der Waals surface area contributed by atoms with Crippen LogP contribution in [0.2, 0.25) is 0 Å². The minimum Gasteiger partial charge on any atom is -0.464 e. The van der Waals surface area contributed by atoms with Crippen LogP contribution in [0.4, 0.5) is 10.5 Å². The van der Waals surface area contributed by atoms with Crippen molar-refractivity contribution in [3.05, 3.63) is 34.4 Å². The Hall–Kier alpha value is -2.64. The number of ether oxygens (including phenoxy) is 2. The van der Waals surface area contributed by atoms with Crippen molar-refractivity contribution >= 4 is 17.7 Å². The highest BCUT2D eigenvalue weighted by atomic mass is 16.6. The summed E-state index contributed by atoms with van der Waals surface area (Å²) in [7, 11) is 0. The highest BCUT2D eigenvalue weighted by molar-refractivity contribution is 5.81. The highest BCUT2D eigenvalue weighted by Gasteiger charge is 2.18. The van der Waals surface area contributed by atoms with Crippen molar-refractivity contribution in [3.63, 3.8) is 0 Å². The fourth-order valence-electron chi connectivity index (χ4n) is 1.45. The molecule has 0 spiro atoms. The number of hydrogen-bond acceptors (Lipinski definition) is 6. The Labute approximate surface area is 127 Å². The Morgan fingerprint density at radius 3 is 2.50 bits per heavy atom. The van der Waals surface area contributed by atoms with Gasteiger partial charge in [0.25, 0.3) is 5.69 Å². The molecule has 8 nitrogen and oxygen atoms in total. The van der Waals surface area contributed by atoms with Crippen LogP contribution in [0.15, 0.2) is 24.3 Å². The number of nitrogens with one attached hydrogen (secondary N) is 1. The van der Waals surface area contributed by atoms with Crippen LogP contribution in [0, 0.1) is 10.1 Å². The van der Waals surface area contributed by atoms with Crippen LogP contribution in [0.1, 0.15) is 26.7 Å². The number of esters is 1. The molecule has 1 aromatic carbocycles. The second-order valence-electron chi connectivity index (χ2n) is 4.53. The monoisotopic (exact) mass is 310 g/mol. The number of nitro groups is 1. The lowest BCUT2D eigenvalue weighted by atomic mass is 10.3. The summed E-state index contributed by atoms with van der Waals surface area (Å²) in [6.07, 6.45) is 0.817. The molecule has 0 saturated carbocycles. The van der Waals surface area contributed by atoms with Gasteiger partial charge in [-0.3, -0.25) is 10.1 Å². The number of amides is 1. The molecule has 0 radical (unpaired) electrons. The predicted octanol–water partition coefficient (Wildman–Crippen LogP) is 2.42. The molecule has 0 heterocycles. The van der Waals surface area contributed by atoms with E-state index in [1.54, 1.807) is 0 Å². The first kappa shape index (κ1) is 17.4. The zero-order chi connectivity index (χ0) is 16.5. The molecule has 0 unspecified atom stereocenters. The Morgan fingerprint density at radius 1 is 1.32 bits per heavy atom. The topological polar surface area (TPSA) is 108 Å². The summed E-state index contributed by atoms with van der Waals surface area (Å²) in [5.74, 6) is -0.413. The fraction of sp³-hybridized carbons (Fsp3) is 0.429. The van der Waals surface area contributed by atoms with Gasteiger partial charge in [0, 0.05) is 12.1 Å². The lowest BCUT2D eigenvalue weighted by Crippen LogP contribution is -2.41. The third-order valence-corrected chi connectivity index (χ3v) is 2.69. The van der Waals surface area contributed by atoms with Crippen molar-refractivity contribution in [2.24, 2.45) is 0 Å². The molecular formula is C14H18N2O6. The summed E-state index contributed by atoms with van der Waals surface area (Å²) in [4.78, 5) is 33.1. The van der Waals surface area contributed by atoms with Crippen LogP contribution in [-0.2, 0) is 9.53 Å². The quantitative estimate of drug-likeness (QED) is 0.358. The molecule has 1 aromatic rings. The molecule has 1 N–H and O–H groups in total. The third-order valence-electron chi connectivity index (χ3n) is 2.69. The molecule has 0 bridgehead atoms. The van der Waals surface area contributed by atoms with E-state index >= 15 is 0 Å². The van der Waals surface area contributed by atoms with E-state index in [2.05, 4.69) is 5.32 Å². The Bertz CT molecular complexity index is 529. The molecule has 0 aliphatic heterocycles. The van der Waals surface area contributed by atoms with Crippen molar-refractivity contribution < 1.29 is 24.0 Å². The van der Waals surface area contributed by atoms with Gasteiger partial charge in [0.2, 0.25) is 0 Å². The molecule has 0 fully saturated rings. The summed E-state index contributed by atoms with van der Waals surface area (Å²) in [5, 5.41) is 12.8. The number of nitrogens with zero attached hydrogens (tertiary/aromatic N) is 1. The number of non-ortho nitro benzene ring substituents is 1. The van der Waals surface area contributed by atoms with Crippen molar-refractivity contribution in [2.75, 3.05) is 6.61 Å². The first-order valence-corrected chi connectivity index (χ1v) is 6.83. The second kappa shape index (κ2) is 8.60. The van der Waals surface area contributed by atoms with Crippen molar-refractivity contribution in [2.45, 2.75) is 32.7 Å². The maximum absolute atomic E-state index is 11.6. The normalized spacial score (nSPS) is 11.4. The zero-order valence-corrected chi connectivity index (χ0v) is 12.4. The van der Waals surface area contributed by atoms with Crippen molar-refractivity contribution in [1.82, 2.24) is 5.32 Å². The molecule has 0 aliphatic carbocycles. The molecule has 1 rings (SSSR count). The SMILES string of the molecule is CCCCOC(=O)[C@H](C)NC(=O)Oc1ccc([N+](=O)[O-])cc1. The maximum atomic E-state index is 11.6. The first-order chi connectivity index (χ1) is 10.4. The van der Waals surface area contributed by atoms with E-state index in [-0.39, 0.29) is 11.4 Å². The van der Waals surface area contributed by atoms with Crippen LogP contribution >= 0.6 is 0 Å². The van der Waals surface area contributed by atoms with Gasteiger partial charge in [0.1, 0.15) is 11.8 Å². The van der Waals surface area contributed by atoms with Gasteiger partial charge in [-0.1, -0.05) is 13.3 Å². The highest BCUT2D eigenvalue weighted by Crippen LogP contribution is 2.17. The largest absolute Gasteiger partial charge is 0.464 e. The number of carbonyl (C=O) groups excluding carboxylic acids is 2. The van der Waals surface area contributed by atoms with Gasteiger partial charge < -0.3 is 14.8 Å². The molecule has 0 aromatic heterocycles. The third kappa shape index (κ3) is 5.78. The standard InChI is InChI=1S/C14H18N2O6/c1-3-4-9-21-13(17)10(2)15-14(18)22-12-7-5-11(6-8-12)16(19)20/h5-8,10H,3-4,9H2,1-2H3,(H,15,18)/t10-/m0/s1. The van der Waals surface area contributed by atoms with E-state index < -0.39 is 23.0 Å². The lowest BCUT2D eigenvalue weighted by Gasteiger charge is -2.13. The minimum atomic E-state index is -0.845. The number of hydrogen-bond donors (Lipinski definition) is 1. The van der Waals surface area contributed by atoms with Gasteiger partial charge in [0.15, 0.2) is 0 Å². The van der Waals surface area contributed by atoms with Gasteiger partial charge in [-0.25, -0.2) is 9.59 Å². The van der Waals surface area contributed by atoms with Gasteiger partial charge in [-0.05, 0) is 25.5 Å². The molecule has 0 saturated heterocycles. The van der Waals surface area contributed by atoms with Crippen molar-refractivity contribution in [3.8, 4) is 5.75 Å². The van der Waals surface area contributed by atoms with Crippen LogP contribution in [0.3, 0.4) is 0 Å². The average molecular weight is 310 g/mol. The molecule has 120 valence electrons. The van der Waals surface area contributed by atoms with Gasteiger partial charge in [0.05, 0.1) is 11.5 Å². The van der Waals surface area contributed by atoms with E-state index in [1.165, 1.54) is 31.2 Å². The van der Waals surface area contributed by atoms with Crippen LogP contribution in [-0.4, -0.2) is 29.6 Å². The van der Waals surface area contributed by atoms with E-state index in [1.807, 2.05) is 6.92 Å². The van der Waals surface area contributed by atoms with Gasteiger partial charge in [-0.2, -0.15) is 0 Å². The minimum absolute atomic E-state index is 0.111. The van der Waals surface area contributed by atoms with E-state index in [4.69, 9.17) is 9.47 Å². The number of nitro benzene ring substituents is 1. The van der Waals surface area contributed by atoms with Crippen LogP contribution in [0.5, 0.6) is 5.75 Å². The average Bonchev–Trinajstić information content (AvgIpc) is 2.47. The molecule has 22 heavy (non-hydrogen) atoms. The molecule has 8 heteroatoms. The number of carbonyl (C=O) groups is 2. The van der Waals surface area contributed by atoms with Crippen LogP contribution < -0.4 is 10.1 Å². The Kier molecular flexibility index (Phi) is 6.81. The Balaban J connectivity index is 2.44. The fourth-order valence-corrected chi connectivity index (χ4v) is 1.45.